The van der Waals surface area contributed by atoms with Crippen LogP contribution in [0.3, 0.4) is 0 Å². The molecule has 0 spiro atoms. The first-order chi connectivity index (χ1) is 7.79. The van der Waals surface area contributed by atoms with Crippen LogP contribution in [0.2, 0.25) is 0 Å². The van der Waals surface area contributed by atoms with E-state index in [0.717, 1.165) is 35.8 Å². The van der Waals surface area contributed by atoms with E-state index in [0.29, 0.717) is 0 Å². The lowest BCUT2D eigenvalue weighted by Gasteiger charge is -2.20. The lowest BCUT2D eigenvalue weighted by molar-refractivity contribution is 0.289. The Balaban J connectivity index is 1.74. The molecule has 0 aromatic carbocycles. The SMILES string of the molecule is CCN(CCNc1cncc(Br)c1)C1CC1. The lowest BCUT2D eigenvalue weighted by Crippen LogP contribution is -2.30. The Morgan fingerprint density at radius 1 is 1.50 bits per heavy atom. The van der Waals surface area contributed by atoms with Crippen LogP contribution >= 0.6 is 15.9 Å². The average molecular weight is 284 g/mol. The molecule has 2 rings (SSSR count). The smallest absolute Gasteiger partial charge is 0.0538 e. The topological polar surface area (TPSA) is 28.2 Å². The molecule has 3 nitrogen and oxygen atoms in total. The standard InChI is InChI=1S/C12H18BrN3/c1-2-16(12-3-4-12)6-5-15-11-7-10(13)8-14-9-11/h7-9,12,15H,2-6H2,1H3. The number of anilines is 1. The number of aromatic nitrogens is 1. The van der Waals surface area contributed by atoms with Crippen LogP contribution in [0.25, 0.3) is 0 Å². The van der Waals surface area contributed by atoms with Crippen LogP contribution in [0.15, 0.2) is 22.9 Å². The van der Waals surface area contributed by atoms with Crippen molar-refractivity contribution in [2.24, 2.45) is 0 Å². The second-order valence-electron chi connectivity index (χ2n) is 4.18. The largest absolute Gasteiger partial charge is 0.382 e. The van der Waals surface area contributed by atoms with E-state index in [2.05, 4.69) is 44.1 Å². The molecule has 1 saturated carbocycles. The van der Waals surface area contributed by atoms with E-state index in [4.69, 9.17) is 0 Å². The molecular weight excluding hydrogens is 266 g/mol. The van der Waals surface area contributed by atoms with Gasteiger partial charge in [-0.1, -0.05) is 6.92 Å². The summed E-state index contributed by atoms with van der Waals surface area (Å²) in [6, 6.07) is 2.91. The number of hydrogen-bond acceptors (Lipinski definition) is 3. The minimum absolute atomic E-state index is 0.854. The monoisotopic (exact) mass is 283 g/mol. The van der Waals surface area contributed by atoms with E-state index in [-0.39, 0.29) is 0 Å². The summed E-state index contributed by atoms with van der Waals surface area (Å²) in [6.45, 7) is 5.50. The van der Waals surface area contributed by atoms with Crippen LogP contribution in [-0.2, 0) is 0 Å². The van der Waals surface area contributed by atoms with E-state index in [1.54, 1.807) is 6.20 Å². The van der Waals surface area contributed by atoms with Crippen LogP contribution in [0, 0.1) is 0 Å². The third kappa shape index (κ3) is 3.46. The summed E-state index contributed by atoms with van der Waals surface area (Å²) in [4.78, 5) is 6.67. The van der Waals surface area contributed by atoms with Gasteiger partial charge in [-0.05, 0) is 41.4 Å². The fraction of sp³-hybridized carbons (Fsp3) is 0.583. The van der Waals surface area contributed by atoms with Gasteiger partial charge >= 0.3 is 0 Å². The van der Waals surface area contributed by atoms with Crippen molar-refractivity contribution in [3.05, 3.63) is 22.9 Å². The predicted molar refractivity (Wildman–Crippen MR) is 70.7 cm³/mol. The second kappa shape index (κ2) is 5.64. The molecule has 1 aliphatic rings. The Morgan fingerprint density at radius 2 is 2.31 bits per heavy atom. The summed E-state index contributed by atoms with van der Waals surface area (Å²) in [5.74, 6) is 0. The Hall–Kier alpha value is -0.610. The van der Waals surface area contributed by atoms with Crippen molar-refractivity contribution in [2.75, 3.05) is 25.0 Å². The molecule has 0 amide bonds. The Kier molecular flexibility index (Phi) is 4.18. The zero-order valence-corrected chi connectivity index (χ0v) is 11.2. The van der Waals surface area contributed by atoms with Gasteiger partial charge in [-0.3, -0.25) is 9.88 Å². The van der Waals surface area contributed by atoms with E-state index in [1.165, 1.54) is 12.8 Å². The van der Waals surface area contributed by atoms with Crippen LogP contribution in [0.5, 0.6) is 0 Å². The van der Waals surface area contributed by atoms with Gasteiger partial charge in [-0.15, -0.1) is 0 Å². The fourth-order valence-electron chi connectivity index (χ4n) is 1.89. The van der Waals surface area contributed by atoms with E-state index >= 15 is 0 Å². The summed E-state index contributed by atoms with van der Waals surface area (Å²) in [5.41, 5.74) is 1.08. The van der Waals surface area contributed by atoms with Crippen molar-refractivity contribution >= 4 is 21.6 Å². The zero-order chi connectivity index (χ0) is 11.4. The van der Waals surface area contributed by atoms with Gasteiger partial charge in [0, 0.05) is 29.8 Å². The molecule has 1 heterocycles. The maximum atomic E-state index is 4.13. The average Bonchev–Trinajstić information content (AvgIpc) is 3.08. The Labute approximate surface area is 105 Å². The Bertz CT molecular complexity index is 339. The summed E-state index contributed by atoms with van der Waals surface area (Å²) in [5, 5.41) is 3.40. The van der Waals surface area contributed by atoms with E-state index in [1.807, 2.05) is 6.20 Å². The number of rotatable bonds is 6. The maximum absolute atomic E-state index is 4.13. The number of halogens is 1. The lowest BCUT2D eigenvalue weighted by atomic mass is 10.4. The molecule has 0 bridgehead atoms. The first-order valence-electron chi connectivity index (χ1n) is 5.88. The molecular formula is C12H18BrN3. The molecule has 0 saturated heterocycles. The van der Waals surface area contributed by atoms with Crippen molar-refractivity contribution < 1.29 is 0 Å². The number of hydrogen-bond donors (Lipinski definition) is 1. The molecule has 4 heteroatoms. The molecule has 1 fully saturated rings. The quantitative estimate of drug-likeness (QED) is 0.870. The zero-order valence-electron chi connectivity index (χ0n) is 9.62. The molecule has 0 radical (unpaired) electrons. The third-order valence-electron chi connectivity index (χ3n) is 2.90. The molecule has 88 valence electrons. The van der Waals surface area contributed by atoms with E-state index in [9.17, 15) is 0 Å². The normalized spacial score (nSPS) is 15.4. The summed E-state index contributed by atoms with van der Waals surface area (Å²) >= 11 is 3.42. The van der Waals surface area contributed by atoms with Crippen LogP contribution in [-0.4, -0.2) is 35.6 Å². The summed E-state index contributed by atoms with van der Waals surface area (Å²) in [7, 11) is 0. The van der Waals surface area contributed by atoms with E-state index < -0.39 is 0 Å². The van der Waals surface area contributed by atoms with Crippen molar-refractivity contribution in [1.82, 2.24) is 9.88 Å². The Morgan fingerprint density at radius 3 is 2.94 bits per heavy atom. The first-order valence-corrected chi connectivity index (χ1v) is 6.67. The molecule has 1 aromatic heterocycles. The van der Waals surface area contributed by atoms with Gasteiger partial charge in [0.1, 0.15) is 0 Å². The highest BCUT2D eigenvalue weighted by atomic mass is 79.9. The number of likely N-dealkylation sites (N-methyl/N-ethyl adjacent to an activating group) is 1. The molecule has 1 N–H and O–H groups in total. The highest BCUT2D eigenvalue weighted by Gasteiger charge is 2.26. The third-order valence-corrected chi connectivity index (χ3v) is 3.34. The van der Waals surface area contributed by atoms with Gasteiger partial charge in [-0.25, -0.2) is 0 Å². The van der Waals surface area contributed by atoms with Gasteiger partial charge in [-0.2, -0.15) is 0 Å². The van der Waals surface area contributed by atoms with Crippen molar-refractivity contribution in [1.29, 1.82) is 0 Å². The van der Waals surface area contributed by atoms with Crippen molar-refractivity contribution in [3.63, 3.8) is 0 Å². The van der Waals surface area contributed by atoms with Gasteiger partial charge < -0.3 is 5.32 Å². The molecule has 0 atom stereocenters. The summed E-state index contributed by atoms with van der Waals surface area (Å²) < 4.78 is 1.02. The minimum Gasteiger partial charge on any atom is -0.382 e. The van der Waals surface area contributed by atoms with Crippen LogP contribution in [0.1, 0.15) is 19.8 Å². The molecule has 1 aliphatic carbocycles. The first kappa shape index (κ1) is 11.9. The molecule has 16 heavy (non-hydrogen) atoms. The number of nitrogens with zero attached hydrogens (tertiary/aromatic N) is 2. The van der Waals surface area contributed by atoms with Crippen LogP contribution in [0.4, 0.5) is 5.69 Å². The highest BCUT2D eigenvalue weighted by Crippen LogP contribution is 2.26. The maximum Gasteiger partial charge on any atom is 0.0538 e. The van der Waals surface area contributed by atoms with Gasteiger partial charge in [0.05, 0.1) is 11.9 Å². The predicted octanol–water partition coefficient (Wildman–Crippen LogP) is 2.74. The minimum atomic E-state index is 0.854. The van der Waals surface area contributed by atoms with Crippen LogP contribution < -0.4 is 5.32 Å². The fourth-order valence-corrected chi connectivity index (χ4v) is 2.26. The van der Waals surface area contributed by atoms with Crippen molar-refractivity contribution in [2.45, 2.75) is 25.8 Å². The number of nitrogens with one attached hydrogen (secondary N) is 1. The molecule has 1 aromatic rings. The highest BCUT2D eigenvalue weighted by molar-refractivity contribution is 9.10. The second-order valence-corrected chi connectivity index (χ2v) is 5.09. The van der Waals surface area contributed by atoms with Gasteiger partial charge in [0.15, 0.2) is 0 Å². The van der Waals surface area contributed by atoms with Crippen molar-refractivity contribution in [3.8, 4) is 0 Å². The van der Waals surface area contributed by atoms with Gasteiger partial charge in [0.25, 0.3) is 0 Å². The number of pyridine rings is 1. The van der Waals surface area contributed by atoms with Gasteiger partial charge in [0.2, 0.25) is 0 Å². The molecule has 0 unspecified atom stereocenters. The molecule has 0 aliphatic heterocycles. The summed E-state index contributed by atoms with van der Waals surface area (Å²) in [6.07, 6.45) is 6.42.